The molecule has 0 radical (unpaired) electrons. The summed E-state index contributed by atoms with van der Waals surface area (Å²) in [5.41, 5.74) is 4.13. The van der Waals surface area contributed by atoms with Gasteiger partial charge in [-0.25, -0.2) is 0 Å². The summed E-state index contributed by atoms with van der Waals surface area (Å²) in [6.45, 7) is 7.07. The fraction of sp³-hybridized carbons (Fsp3) is 0.278. The molecule has 0 saturated carbocycles. The zero-order chi connectivity index (χ0) is 15.2. The Morgan fingerprint density at radius 3 is 2.52 bits per heavy atom. The highest BCUT2D eigenvalue weighted by molar-refractivity contribution is 5.47. The van der Waals surface area contributed by atoms with Gasteiger partial charge in [-0.3, -0.25) is 0 Å². The summed E-state index contributed by atoms with van der Waals surface area (Å²) in [6, 6.07) is 13.6. The van der Waals surface area contributed by atoms with Crippen molar-refractivity contribution in [1.82, 2.24) is 0 Å². The number of hydrogen-bond donors (Lipinski definition) is 0. The van der Waals surface area contributed by atoms with Gasteiger partial charge >= 0.3 is 0 Å². The molecule has 0 atom stereocenters. The Morgan fingerprint density at radius 2 is 1.81 bits per heavy atom. The highest BCUT2D eigenvalue weighted by Gasteiger charge is 2.08. The van der Waals surface area contributed by atoms with E-state index >= 15 is 0 Å². The van der Waals surface area contributed by atoms with E-state index in [9.17, 15) is 0 Å². The number of benzene rings is 2. The normalized spacial score (nSPS) is 10.0. The fourth-order valence-corrected chi connectivity index (χ4v) is 2.08. The Balaban J connectivity index is 2.19. The van der Waals surface area contributed by atoms with E-state index in [1.54, 1.807) is 18.2 Å². The Labute approximate surface area is 125 Å². The van der Waals surface area contributed by atoms with Gasteiger partial charge in [-0.1, -0.05) is 23.8 Å². The number of nitrogens with zero attached hydrogens (tertiary/aromatic N) is 1. The first-order chi connectivity index (χ1) is 10.1. The zero-order valence-electron chi connectivity index (χ0n) is 12.6. The molecule has 3 nitrogen and oxygen atoms in total. The van der Waals surface area contributed by atoms with E-state index in [0.29, 0.717) is 30.3 Å². The van der Waals surface area contributed by atoms with Crippen molar-refractivity contribution in [1.29, 1.82) is 5.26 Å². The first-order valence-corrected chi connectivity index (χ1v) is 7.00. The topological polar surface area (TPSA) is 42.2 Å². The summed E-state index contributed by atoms with van der Waals surface area (Å²) in [6.07, 6.45) is 0. The lowest BCUT2D eigenvalue weighted by Crippen LogP contribution is -2.01. The van der Waals surface area contributed by atoms with E-state index in [2.05, 4.69) is 38.1 Å². The Morgan fingerprint density at radius 1 is 1.00 bits per heavy atom. The molecule has 0 heterocycles. The summed E-state index contributed by atoms with van der Waals surface area (Å²) in [4.78, 5) is 0. The van der Waals surface area contributed by atoms with Crippen LogP contribution in [0, 0.1) is 25.2 Å². The molecular formula is C18H19NO2. The second-order valence-corrected chi connectivity index (χ2v) is 4.92. The third-order valence-corrected chi connectivity index (χ3v) is 3.26. The van der Waals surface area contributed by atoms with Gasteiger partial charge in [0.25, 0.3) is 0 Å². The number of aryl methyl sites for hydroxylation is 2. The van der Waals surface area contributed by atoms with Gasteiger partial charge in [-0.2, -0.15) is 5.26 Å². The van der Waals surface area contributed by atoms with Crippen molar-refractivity contribution < 1.29 is 9.47 Å². The van der Waals surface area contributed by atoms with Crippen LogP contribution in [0.4, 0.5) is 0 Å². The quantitative estimate of drug-likeness (QED) is 0.826. The van der Waals surface area contributed by atoms with Gasteiger partial charge in [0, 0.05) is 6.07 Å². The molecule has 0 aromatic heterocycles. The summed E-state index contributed by atoms with van der Waals surface area (Å²) in [5, 5.41) is 8.95. The number of rotatable bonds is 5. The largest absolute Gasteiger partial charge is 0.490 e. The molecule has 21 heavy (non-hydrogen) atoms. The molecule has 108 valence electrons. The molecule has 0 N–H and O–H groups in total. The summed E-state index contributed by atoms with van der Waals surface area (Å²) in [5.74, 6) is 1.28. The van der Waals surface area contributed by atoms with Crippen LogP contribution in [0.2, 0.25) is 0 Å². The molecule has 0 amide bonds. The summed E-state index contributed by atoms with van der Waals surface area (Å²) in [7, 11) is 0. The van der Waals surface area contributed by atoms with Crippen molar-refractivity contribution >= 4 is 0 Å². The van der Waals surface area contributed by atoms with E-state index < -0.39 is 0 Å². The van der Waals surface area contributed by atoms with Gasteiger partial charge in [0.15, 0.2) is 11.5 Å². The molecule has 0 saturated heterocycles. The van der Waals surface area contributed by atoms with Crippen LogP contribution in [-0.4, -0.2) is 6.61 Å². The maximum atomic E-state index is 8.95. The lowest BCUT2D eigenvalue weighted by atomic mass is 10.1. The van der Waals surface area contributed by atoms with Crippen LogP contribution in [-0.2, 0) is 6.61 Å². The smallest absolute Gasteiger partial charge is 0.162 e. The van der Waals surface area contributed by atoms with Crippen molar-refractivity contribution in [2.45, 2.75) is 27.4 Å². The first-order valence-electron chi connectivity index (χ1n) is 7.00. The van der Waals surface area contributed by atoms with Crippen molar-refractivity contribution in [3.8, 4) is 17.6 Å². The van der Waals surface area contributed by atoms with Crippen molar-refractivity contribution in [2.24, 2.45) is 0 Å². The molecule has 0 aliphatic carbocycles. The third kappa shape index (κ3) is 3.76. The number of nitriles is 1. The average Bonchev–Trinajstić information content (AvgIpc) is 2.49. The minimum atomic E-state index is 0.486. The molecule has 2 aromatic carbocycles. The van der Waals surface area contributed by atoms with Crippen molar-refractivity contribution in [3.63, 3.8) is 0 Å². The maximum absolute atomic E-state index is 8.95. The summed E-state index contributed by atoms with van der Waals surface area (Å²) >= 11 is 0. The van der Waals surface area contributed by atoms with Crippen LogP contribution < -0.4 is 9.47 Å². The van der Waals surface area contributed by atoms with Crippen LogP contribution in [0.15, 0.2) is 36.4 Å². The highest BCUT2D eigenvalue weighted by atomic mass is 16.5. The van der Waals surface area contributed by atoms with E-state index in [1.807, 2.05) is 6.92 Å². The Bertz CT molecular complexity index is 671. The van der Waals surface area contributed by atoms with E-state index in [4.69, 9.17) is 14.7 Å². The molecule has 3 heteroatoms. The fourth-order valence-electron chi connectivity index (χ4n) is 2.08. The van der Waals surface area contributed by atoms with E-state index in [1.165, 1.54) is 11.1 Å². The minimum Gasteiger partial charge on any atom is -0.490 e. The van der Waals surface area contributed by atoms with Gasteiger partial charge in [-0.15, -0.1) is 0 Å². The third-order valence-electron chi connectivity index (χ3n) is 3.26. The van der Waals surface area contributed by atoms with Gasteiger partial charge < -0.3 is 9.47 Å². The van der Waals surface area contributed by atoms with Gasteiger partial charge in [0.05, 0.1) is 18.2 Å². The molecule has 0 aliphatic heterocycles. The summed E-state index contributed by atoms with van der Waals surface area (Å²) < 4.78 is 11.4. The van der Waals surface area contributed by atoms with Crippen LogP contribution in [0.3, 0.4) is 0 Å². The molecule has 0 fully saturated rings. The second kappa shape index (κ2) is 6.81. The molecule has 0 unspecified atom stereocenters. The molecule has 2 rings (SSSR count). The molecule has 0 aliphatic rings. The number of ether oxygens (including phenoxy) is 2. The van der Waals surface area contributed by atoms with Gasteiger partial charge in [-0.05, 0) is 44.0 Å². The van der Waals surface area contributed by atoms with E-state index in [-0.39, 0.29) is 0 Å². The van der Waals surface area contributed by atoms with Crippen LogP contribution in [0.5, 0.6) is 11.5 Å². The number of hydrogen-bond acceptors (Lipinski definition) is 3. The maximum Gasteiger partial charge on any atom is 0.162 e. The molecule has 0 spiro atoms. The molecule has 2 aromatic rings. The predicted molar refractivity (Wildman–Crippen MR) is 82.6 cm³/mol. The van der Waals surface area contributed by atoms with E-state index in [0.717, 1.165) is 5.56 Å². The van der Waals surface area contributed by atoms with Crippen LogP contribution in [0.1, 0.15) is 29.2 Å². The van der Waals surface area contributed by atoms with Gasteiger partial charge in [0.2, 0.25) is 0 Å². The van der Waals surface area contributed by atoms with Crippen LogP contribution >= 0.6 is 0 Å². The SMILES string of the molecule is CCOc1cc(C#N)ccc1OCc1cc(C)ccc1C. The Hall–Kier alpha value is -2.47. The van der Waals surface area contributed by atoms with Crippen LogP contribution in [0.25, 0.3) is 0 Å². The van der Waals surface area contributed by atoms with Crippen molar-refractivity contribution in [2.75, 3.05) is 6.61 Å². The minimum absolute atomic E-state index is 0.486. The first kappa shape index (κ1) is 14.9. The van der Waals surface area contributed by atoms with Crippen molar-refractivity contribution in [3.05, 3.63) is 58.7 Å². The zero-order valence-corrected chi connectivity index (χ0v) is 12.6. The highest BCUT2D eigenvalue weighted by Crippen LogP contribution is 2.29. The molecular weight excluding hydrogens is 262 g/mol. The molecule has 0 bridgehead atoms. The predicted octanol–water partition coefficient (Wildman–Crippen LogP) is 4.15. The standard InChI is InChI=1S/C18H19NO2/c1-4-20-18-10-15(11-19)7-8-17(18)21-12-16-9-13(2)5-6-14(16)3/h5-10H,4,12H2,1-3H3. The average molecular weight is 281 g/mol. The second-order valence-electron chi connectivity index (χ2n) is 4.92. The lowest BCUT2D eigenvalue weighted by Gasteiger charge is -2.13. The monoisotopic (exact) mass is 281 g/mol. The Kier molecular flexibility index (Phi) is 4.84. The van der Waals surface area contributed by atoms with Gasteiger partial charge in [0.1, 0.15) is 6.61 Å². The lowest BCUT2D eigenvalue weighted by molar-refractivity contribution is 0.269.